The fourth-order valence-electron chi connectivity index (χ4n) is 2.12. The van der Waals surface area contributed by atoms with Crippen molar-refractivity contribution in [1.29, 1.82) is 5.26 Å². The lowest BCUT2D eigenvalue weighted by Gasteiger charge is -2.17. The van der Waals surface area contributed by atoms with Crippen molar-refractivity contribution in [1.82, 2.24) is 10.3 Å². The van der Waals surface area contributed by atoms with Crippen LogP contribution in [0, 0.1) is 11.3 Å². The molecular weight excluding hydrogens is 266 g/mol. The molecule has 1 N–H and O–H groups in total. The average molecular weight is 280 g/mol. The van der Waals surface area contributed by atoms with Crippen LogP contribution in [0.1, 0.15) is 37.3 Å². The second-order valence-corrected chi connectivity index (χ2v) is 5.06. The smallest absolute Gasteiger partial charge is 0.123 e. The number of nitrogens with one attached hydrogen (secondary N) is 1. The molecule has 1 atom stereocenters. The van der Waals surface area contributed by atoms with Gasteiger partial charge in [0.1, 0.15) is 6.04 Å². The molecule has 1 saturated carbocycles. The van der Waals surface area contributed by atoms with Crippen molar-refractivity contribution in [2.24, 2.45) is 0 Å². The van der Waals surface area contributed by atoms with Gasteiger partial charge in [-0.3, -0.25) is 10.3 Å². The molecule has 0 saturated heterocycles. The fraction of sp³-hybridized carbons (Fsp3) is 0.500. The van der Waals surface area contributed by atoms with E-state index in [0.717, 1.165) is 10.0 Å². The molecule has 1 aliphatic carbocycles. The zero-order valence-electron chi connectivity index (χ0n) is 8.99. The summed E-state index contributed by atoms with van der Waals surface area (Å²) in [6.45, 7) is 0. The van der Waals surface area contributed by atoms with Crippen LogP contribution in [-0.2, 0) is 0 Å². The number of hydrogen-bond donors (Lipinski definition) is 1. The Morgan fingerprint density at radius 2 is 2.19 bits per heavy atom. The molecule has 84 valence electrons. The molecule has 0 spiro atoms. The number of nitrogens with zero attached hydrogens (tertiary/aromatic N) is 2. The zero-order valence-corrected chi connectivity index (χ0v) is 10.6. The van der Waals surface area contributed by atoms with Gasteiger partial charge in [0, 0.05) is 28.5 Å². The van der Waals surface area contributed by atoms with Crippen LogP contribution in [0.4, 0.5) is 0 Å². The van der Waals surface area contributed by atoms with Crippen molar-refractivity contribution >= 4 is 15.9 Å². The fourth-order valence-corrected chi connectivity index (χ4v) is 2.50. The third-order valence-corrected chi connectivity index (χ3v) is 3.38. The number of rotatable bonds is 3. The predicted molar refractivity (Wildman–Crippen MR) is 65.7 cm³/mol. The van der Waals surface area contributed by atoms with Crippen molar-refractivity contribution in [2.75, 3.05) is 0 Å². The number of nitriles is 1. The van der Waals surface area contributed by atoms with Crippen LogP contribution < -0.4 is 5.32 Å². The zero-order chi connectivity index (χ0) is 11.4. The van der Waals surface area contributed by atoms with Gasteiger partial charge in [-0.25, -0.2) is 0 Å². The Labute approximate surface area is 104 Å². The van der Waals surface area contributed by atoms with Crippen LogP contribution in [0.2, 0.25) is 0 Å². The predicted octanol–water partition coefficient (Wildman–Crippen LogP) is 2.94. The van der Waals surface area contributed by atoms with Gasteiger partial charge in [0.25, 0.3) is 0 Å². The van der Waals surface area contributed by atoms with Crippen molar-refractivity contribution < 1.29 is 0 Å². The third kappa shape index (κ3) is 2.81. The Balaban J connectivity index is 2.07. The highest BCUT2D eigenvalue weighted by Gasteiger charge is 2.20. The molecule has 1 unspecified atom stereocenters. The van der Waals surface area contributed by atoms with Crippen LogP contribution >= 0.6 is 15.9 Å². The van der Waals surface area contributed by atoms with Gasteiger partial charge in [-0.05, 0) is 34.8 Å². The van der Waals surface area contributed by atoms with E-state index in [-0.39, 0.29) is 6.04 Å². The average Bonchev–Trinajstić information content (AvgIpc) is 2.78. The first-order valence-electron chi connectivity index (χ1n) is 5.55. The van der Waals surface area contributed by atoms with Gasteiger partial charge in [0.2, 0.25) is 0 Å². The van der Waals surface area contributed by atoms with Gasteiger partial charge in [0.15, 0.2) is 0 Å². The van der Waals surface area contributed by atoms with Crippen molar-refractivity contribution in [2.45, 2.75) is 37.8 Å². The molecule has 1 aromatic rings. The molecule has 0 aliphatic heterocycles. The van der Waals surface area contributed by atoms with E-state index in [4.69, 9.17) is 0 Å². The monoisotopic (exact) mass is 279 g/mol. The Bertz CT molecular complexity index is 393. The summed E-state index contributed by atoms with van der Waals surface area (Å²) in [4.78, 5) is 4.09. The second kappa shape index (κ2) is 5.42. The van der Waals surface area contributed by atoms with E-state index in [2.05, 4.69) is 32.3 Å². The first kappa shape index (κ1) is 11.6. The third-order valence-electron chi connectivity index (χ3n) is 2.95. The summed E-state index contributed by atoms with van der Waals surface area (Å²) < 4.78 is 0.915. The summed E-state index contributed by atoms with van der Waals surface area (Å²) in [5.41, 5.74) is 0.934. The van der Waals surface area contributed by atoms with Crippen molar-refractivity contribution in [3.63, 3.8) is 0 Å². The number of hydrogen-bond acceptors (Lipinski definition) is 3. The molecule has 1 heterocycles. The molecule has 1 aliphatic rings. The van der Waals surface area contributed by atoms with Crippen LogP contribution in [0.3, 0.4) is 0 Å². The first-order chi connectivity index (χ1) is 7.79. The lowest BCUT2D eigenvalue weighted by molar-refractivity contribution is 0.491. The van der Waals surface area contributed by atoms with E-state index in [9.17, 15) is 5.26 Å². The topological polar surface area (TPSA) is 48.7 Å². The molecule has 3 nitrogen and oxygen atoms in total. The van der Waals surface area contributed by atoms with Crippen LogP contribution in [0.25, 0.3) is 0 Å². The van der Waals surface area contributed by atoms with Crippen molar-refractivity contribution in [3.05, 3.63) is 28.5 Å². The summed E-state index contributed by atoms with van der Waals surface area (Å²) in [5, 5.41) is 12.6. The molecule has 0 amide bonds. The van der Waals surface area contributed by atoms with Gasteiger partial charge in [-0.2, -0.15) is 5.26 Å². The Morgan fingerprint density at radius 1 is 1.44 bits per heavy atom. The first-order valence-corrected chi connectivity index (χ1v) is 6.35. The maximum absolute atomic E-state index is 9.18. The van der Waals surface area contributed by atoms with Gasteiger partial charge in [0.05, 0.1) is 6.07 Å². The number of aromatic nitrogens is 1. The highest BCUT2D eigenvalue weighted by atomic mass is 79.9. The van der Waals surface area contributed by atoms with E-state index in [1.54, 1.807) is 12.4 Å². The summed E-state index contributed by atoms with van der Waals surface area (Å²) in [5.74, 6) is 0. The molecule has 16 heavy (non-hydrogen) atoms. The molecular formula is C12H14BrN3. The minimum Gasteiger partial charge on any atom is -0.295 e. The van der Waals surface area contributed by atoms with Gasteiger partial charge < -0.3 is 0 Å². The van der Waals surface area contributed by atoms with Gasteiger partial charge in [-0.1, -0.05) is 12.8 Å². The molecule has 1 aromatic heterocycles. The van der Waals surface area contributed by atoms with Gasteiger partial charge >= 0.3 is 0 Å². The molecule has 0 aromatic carbocycles. The molecule has 0 radical (unpaired) electrons. The highest BCUT2D eigenvalue weighted by Crippen LogP contribution is 2.22. The lowest BCUT2D eigenvalue weighted by Crippen LogP contribution is -2.29. The van der Waals surface area contributed by atoms with Crippen molar-refractivity contribution in [3.8, 4) is 6.07 Å². The Morgan fingerprint density at radius 3 is 2.81 bits per heavy atom. The van der Waals surface area contributed by atoms with E-state index in [1.165, 1.54) is 25.7 Å². The summed E-state index contributed by atoms with van der Waals surface area (Å²) in [7, 11) is 0. The second-order valence-electron chi connectivity index (χ2n) is 4.15. The van der Waals surface area contributed by atoms with Crippen LogP contribution in [0.5, 0.6) is 0 Å². The summed E-state index contributed by atoms with van der Waals surface area (Å²) in [6, 6.07) is 4.49. The van der Waals surface area contributed by atoms with Gasteiger partial charge in [-0.15, -0.1) is 0 Å². The van der Waals surface area contributed by atoms with Crippen LogP contribution in [0.15, 0.2) is 22.9 Å². The van der Waals surface area contributed by atoms with E-state index in [1.807, 2.05) is 6.07 Å². The quantitative estimate of drug-likeness (QED) is 0.926. The van der Waals surface area contributed by atoms with Crippen LogP contribution in [-0.4, -0.2) is 11.0 Å². The maximum atomic E-state index is 9.18. The Hall–Kier alpha value is -0.920. The number of pyridine rings is 1. The normalized spacial score (nSPS) is 18.2. The SMILES string of the molecule is N#CC(NC1CCCC1)c1cncc(Br)c1. The molecule has 0 bridgehead atoms. The molecule has 1 fully saturated rings. The molecule has 4 heteroatoms. The standard InChI is InChI=1S/C12H14BrN3/c13-10-5-9(7-15-8-10)12(6-14)16-11-3-1-2-4-11/h5,7-8,11-12,16H,1-4H2. The summed E-state index contributed by atoms with van der Waals surface area (Å²) in [6.07, 6.45) is 8.38. The maximum Gasteiger partial charge on any atom is 0.123 e. The van der Waals surface area contributed by atoms with E-state index in [0.29, 0.717) is 6.04 Å². The van der Waals surface area contributed by atoms with E-state index >= 15 is 0 Å². The largest absolute Gasteiger partial charge is 0.295 e. The Kier molecular flexibility index (Phi) is 3.92. The minimum atomic E-state index is -0.243. The molecule has 2 rings (SSSR count). The number of halogens is 1. The minimum absolute atomic E-state index is 0.243. The highest BCUT2D eigenvalue weighted by molar-refractivity contribution is 9.10. The lowest BCUT2D eigenvalue weighted by atomic mass is 10.1. The van der Waals surface area contributed by atoms with E-state index < -0.39 is 0 Å². The summed E-state index contributed by atoms with van der Waals surface area (Å²) >= 11 is 3.37.